The quantitative estimate of drug-likeness (QED) is 0.496. The molecule has 0 saturated carbocycles. The van der Waals surface area contributed by atoms with E-state index in [0.717, 1.165) is 6.07 Å². The monoisotopic (exact) mass is 339 g/mol. The standard InChI is InChI=1S/C16H15ClFNO4/c1-2-21-15(20)16(22-10-6-4-3-5-7-10)23-14-9-13(19)12(18)8-11(14)17/h3-9,16H,2,19H2,1H3. The molecule has 122 valence electrons. The first kappa shape index (κ1) is 16.9. The summed E-state index contributed by atoms with van der Waals surface area (Å²) in [6, 6.07) is 10.7. The Kier molecular flexibility index (Phi) is 5.65. The summed E-state index contributed by atoms with van der Waals surface area (Å²) in [5.41, 5.74) is 5.32. The SMILES string of the molecule is CCOC(=O)C(Oc1ccccc1)Oc1cc(N)c(F)cc1Cl. The third kappa shape index (κ3) is 4.50. The summed E-state index contributed by atoms with van der Waals surface area (Å²) in [7, 11) is 0. The maximum absolute atomic E-state index is 13.3. The summed E-state index contributed by atoms with van der Waals surface area (Å²) in [5, 5.41) is -0.0392. The number of esters is 1. The molecule has 0 aliphatic heterocycles. The van der Waals surface area contributed by atoms with Gasteiger partial charge in [0.05, 0.1) is 17.3 Å². The number of carbonyl (C=O) groups excluding carboxylic acids is 1. The topological polar surface area (TPSA) is 70.8 Å². The number of halogens is 2. The van der Waals surface area contributed by atoms with Crippen molar-refractivity contribution in [1.82, 2.24) is 0 Å². The summed E-state index contributed by atoms with van der Waals surface area (Å²) < 4.78 is 29.1. The molecule has 23 heavy (non-hydrogen) atoms. The van der Waals surface area contributed by atoms with E-state index in [-0.39, 0.29) is 23.1 Å². The van der Waals surface area contributed by atoms with Crippen molar-refractivity contribution >= 4 is 23.3 Å². The van der Waals surface area contributed by atoms with Crippen LogP contribution in [0.2, 0.25) is 5.02 Å². The molecule has 1 unspecified atom stereocenters. The minimum Gasteiger partial charge on any atom is -0.460 e. The zero-order chi connectivity index (χ0) is 16.8. The molecule has 0 fully saturated rings. The fourth-order valence-corrected chi connectivity index (χ4v) is 1.90. The van der Waals surface area contributed by atoms with Crippen LogP contribution in [0.1, 0.15) is 6.92 Å². The normalized spacial score (nSPS) is 11.6. The van der Waals surface area contributed by atoms with Crippen LogP contribution in [0.5, 0.6) is 11.5 Å². The third-order valence-corrected chi connectivity index (χ3v) is 3.05. The first-order valence-electron chi connectivity index (χ1n) is 6.80. The summed E-state index contributed by atoms with van der Waals surface area (Å²) in [6.07, 6.45) is -1.40. The second-order valence-corrected chi connectivity index (χ2v) is 4.84. The summed E-state index contributed by atoms with van der Waals surface area (Å²) >= 11 is 5.90. The average molecular weight is 340 g/mol. The van der Waals surface area contributed by atoms with Crippen molar-refractivity contribution in [3.63, 3.8) is 0 Å². The number of rotatable bonds is 6. The maximum atomic E-state index is 13.3. The fraction of sp³-hybridized carbons (Fsp3) is 0.188. The minimum atomic E-state index is -1.40. The summed E-state index contributed by atoms with van der Waals surface area (Å²) in [5.74, 6) is -1.01. The Hall–Kier alpha value is -2.47. The molecule has 0 saturated heterocycles. The number of ether oxygens (including phenoxy) is 3. The number of anilines is 1. The van der Waals surface area contributed by atoms with Crippen molar-refractivity contribution < 1.29 is 23.4 Å². The van der Waals surface area contributed by atoms with E-state index in [1.54, 1.807) is 37.3 Å². The van der Waals surface area contributed by atoms with Crippen LogP contribution >= 0.6 is 11.6 Å². The Morgan fingerprint density at radius 3 is 2.61 bits per heavy atom. The average Bonchev–Trinajstić information content (AvgIpc) is 2.53. The van der Waals surface area contributed by atoms with Gasteiger partial charge >= 0.3 is 12.3 Å². The van der Waals surface area contributed by atoms with E-state index in [9.17, 15) is 9.18 Å². The highest BCUT2D eigenvalue weighted by atomic mass is 35.5. The molecule has 7 heteroatoms. The first-order chi connectivity index (χ1) is 11.0. The molecular weight excluding hydrogens is 325 g/mol. The predicted molar refractivity (Wildman–Crippen MR) is 83.9 cm³/mol. The van der Waals surface area contributed by atoms with Gasteiger partial charge in [-0.15, -0.1) is 0 Å². The molecule has 0 amide bonds. The van der Waals surface area contributed by atoms with Crippen LogP contribution in [0.4, 0.5) is 10.1 Å². The van der Waals surface area contributed by atoms with Gasteiger partial charge in [0.2, 0.25) is 0 Å². The van der Waals surface area contributed by atoms with Crippen molar-refractivity contribution in [3.8, 4) is 11.5 Å². The Morgan fingerprint density at radius 2 is 1.96 bits per heavy atom. The zero-order valence-corrected chi connectivity index (χ0v) is 13.0. The van der Waals surface area contributed by atoms with Crippen LogP contribution in [0.25, 0.3) is 0 Å². The van der Waals surface area contributed by atoms with Crippen molar-refractivity contribution in [3.05, 3.63) is 53.3 Å². The molecule has 2 N–H and O–H groups in total. The Morgan fingerprint density at radius 1 is 1.26 bits per heavy atom. The van der Waals surface area contributed by atoms with Crippen LogP contribution in [0, 0.1) is 5.82 Å². The van der Waals surface area contributed by atoms with Crippen LogP contribution in [0.3, 0.4) is 0 Å². The molecule has 1 atom stereocenters. The molecule has 0 aliphatic rings. The second kappa shape index (κ2) is 7.69. The van der Waals surface area contributed by atoms with E-state index in [0.29, 0.717) is 5.75 Å². The van der Waals surface area contributed by atoms with Crippen molar-refractivity contribution in [2.45, 2.75) is 13.2 Å². The third-order valence-electron chi connectivity index (χ3n) is 2.75. The van der Waals surface area contributed by atoms with E-state index < -0.39 is 18.1 Å². The number of nitrogens with two attached hydrogens (primary N) is 1. The number of nitrogen functional groups attached to an aromatic ring is 1. The van der Waals surface area contributed by atoms with Crippen LogP contribution in [0.15, 0.2) is 42.5 Å². The van der Waals surface area contributed by atoms with Gasteiger partial charge in [-0.3, -0.25) is 0 Å². The summed E-state index contributed by atoms with van der Waals surface area (Å²) in [6.45, 7) is 1.80. The van der Waals surface area contributed by atoms with Crippen LogP contribution in [-0.2, 0) is 9.53 Å². The zero-order valence-electron chi connectivity index (χ0n) is 12.3. The lowest BCUT2D eigenvalue weighted by molar-refractivity contribution is -0.165. The lowest BCUT2D eigenvalue weighted by Crippen LogP contribution is -2.35. The van der Waals surface area contributed by atoms with E-state index >= 15 is 0 Å². The van der Waals surface area contributed by atoms with Crippen LogP contribution < -0.4 is 15.2 Å². The molecule has 0 aliphatic carbocycles. The van der Waals surface area contributed by atoms with Gasteiger partial charge < -0.3 is 19.9 Å². The van der Waals surface area contributed by atoms with Gasteiger partial charge in [0.25, 0.3) is 0 Å². The van der Waals surface area contributed by atoms with E-state index in [1.165, 1.54) is 6.07 Å². The highest BCUT2D eigenvalue weighted by Gasteiger charge is 2.25. The van der Waals surface area contributed by atoms with Crippen molar-refractivity contribution in [2.24, 2.45) is 0 Å². The van der Waals surface area contributed by atoms with Gasteiger partial charge in [-0.05, 0) is 25.1 Å². The highest BCUT2D eigenvalue weighted by Crippen LogP contribution is 2.30. The van der Waals surface area contributed by atoms with Gasteiger partial charge in [-0.2, -0.15) is 0 Å². The molecule has 0 spiro atoms. The lowest BCUT2D eigenvalue weighted by Gasteiger charge is -2.19. The molecule has 2 aromatic rings. The number of carbonyl (C=O) groups is 1. The van der Waals surface area contributed by atoms with E-state index in [2.05, 4.69) is 0 Å². The molecule has 0 bridgehead atoms. The van der Waals surface area contributed by atoms with Crippen molar-refractivity contribution in [2.75, 3.05) is 12.3 Å². The number of hydrogen-bond acceptors (Lipinski definition) is 5. The number of benzene rings is 2. The number of para-hydroxylation sites is 1. The minimum absolute atomic E-state index is 0.0135. The van der Waals surface area contributed by atoms with E-state index in [1.807, 2.05) is 0 Å². The molecule has 5 nitrogen and oxygen atoms in total. The Bertz CT molecular complexity index is 681. The van der Waals surface area contributed by atoms with Gasteiger partial charge in [-0.1, -0.05) is 29.8 Å². The van der Waals surface area contributed by atoms with Gasteiger partial charge in [0, 0.05) is 6.07 Å². The Labute approximate surface area is 137 Å². The molecular formula is C16H15ClFNO4. The Balaban J connectivity index is 2.24. The largest absolute Gasteiger partial charge is 0.460 e. The molecule has 0 heterocycles. The lowest BCUT2D eigenvalue weighted by atomic mass is 10.3. The highest BCUT2D eigenvalue weighted by molar-refractivity contribution is 6.32. The number of hydrogen-bond donors (Lipinski definition) is 1. The molecule has 0 aromatic heterocycles. The smallest absolute Gasteiger partial charge is 0.389 e. The van der Waals surface area contributed by atoms with Gasteiger partial charge in [0.1, 0.15) is 17.3 Å². The van der Waals surface area contributed by atoms with Gasteiger partial charge in [0.15, 0.2) is 0 Å². The van der Waals surface area contributed by atoms with Crippen LogP contribution in [-0.4, -0.2) is 18.9 Å². The first-order valence-corrected chi connectivity index (χ1v) is 7.18. The van der Waals surface area contributed by atoms with E-state index in [4.69, 9.17) is 31.5 Å². The second-order valence-electron chi connectivity index (χ2n) is 4.44. The van der Waals surface area contributed by atoms with Crippen molar-refractivity contribution in [1.29, 1.82) is 0 Å². The molecule has 2 aromatic carbocycles. The van der Waals surface area contributed by atoms with Gasteiger partial charge in [-0.25, -0.2) is 9.18 Å². The predicted octanol–water partition coefficient (Wildman–Crippen LogP) is 3.41. The fourth-order valence-electron chi connectivity index (χ4n) is 1.70. The summed E-state index contributed by atoms with van der Waals surface area (Å²) in [4.78, 5) is 12.0. The maximum Gasteiger partial charge on any atom is 0.389 e. The molecule has 2 rings (SSSR count). The molecule has 0 radical (unpaired) electrons.